The van der Waals surface area contributed by atoms with Crippen LogP contribution in [0.4, 0.5) is 5.69 Å². The van der Waals surface area contributed by atoms with Crippen molar-refractivity contribution >= 4 is 21.6 Å². The molecule has 1 fully saturated rings. The Balaban J connectivity index is 1.60. The van der Waals surface area contributed by atoms with Crippen LogP contribution >= 0.6 is 0 Å². The topological polar surface area (TPSA) is 85.4 Å². The molecule has 0 N–H and O–H groups in total. The summed E-state index contributed by atoms with van der Waals surface area (Å²) in [4.78, 5) is 13.9. The SMILES string of the molecule is COc1ccc(S(=O)(=O)N(C)Cc2ccc3c(c2)OCCO3)cc1N1CCCC1=O. The minimum absolute atomic E-state index is 0.0347. The lowest BCUT2D eigenvalue weighted by Crippen LogP contribution is -2.28. The van der Waals surface area contributed by atoms with Crippen molar-refractivity contribution < 1.29 is 27.4 Å². The normalized spacial score (nSPS) is 16.2. The molecule has 1 saturated heterocycles. The number of benzene rings is 2. The second-order valence-electron chi connectivity index (χ2n) is 7.22. The third-order valence-corrected chi connectivity index (χ3v) is 7.03. The van der Waals surface area contributed by atoms with Gasteiger partial charge in [0.1, 0.15) is 19.0 Å². The number of anilines is 1. The molecule has 0 bridgehead atoms. The average molecular weight is 432 g/mol. The van der Waals surface area contributed by atoms with E-state index >= 15 is 0 Å². The second kappa shape index (κ2) is 8.16. The zero-order chi connectivity index (χ0) is 21.3. The first-order valence-corrected chi connectivity index (χ1v) is 11.2. The smallest absolute Gasteiger partial charge is 0.243 e. The monoisotopic (exact) mass is 432 g/mol. The van der Waals surface area contributed by atoms with Gasteiger partial charge in [0.15, 0.2) is 11.5 Å². The molecule has 0 aliphatic carbocycles. The van der Waals surface area contributed by atoms with Gasteiger partial charge >= 0.3 is 0 Å². The quantitative estimate of drug-likeness (QED) is 0.697. The molecule has 0 spiro atoms. The molecule has 160 valence electrons. The number of carbonyl (C=O) groups is 1. The molecule has 8 nitrogen and oxygen atoms in total. The summed E-state index contributed by atoms with van der Waals surface area (Å²) in [6.45, 7) is 1.68. The van der Waals surface area contributed by atoms with Crippen molar-refractivity contribution in [3.05, 3.63) is 42.0 Å². The number of rotatable bonds is 6. The van der Waals surface area contributed by atoms with Crippen molar-refractivity contribution in [3.63, 3.8) is 0 Å². The first-order valence-electron chi connectivity index (χ1n) is 9.73. The van der Waals surface area contributed by atoms with Gasteiger partial charge in [0.2, 0.25) is 15.9 Å². The molecule has 2 aromatic carbocycles. The summed E-state index contributed by atoms with van der Waals surface area (Å²) in [6, 6.07) is 10.0. The maximum absolute atomic E-state index is 13.2. The van der Waals surface area contributed by atoms with Crippen molar-refractivity contribution in [1.82, 2.24) is 4.31 Å². The lowest BCUT2D eigenvalue weighted by Gasteiger charge is -2.23. The van der Waals surface area contributed by atoms with Crippen LogP contribution in [0.3, 0.4) is 0 Å². The molecule has 0 aromatic heterocycles. The van der Waals surface area contributed by atoms with Gasteiger partial charge in [0.05, 0.1) is 17.7 Å². The van der Waals surface area contributed by atoms with Crippen LogP contribution in [0.15, 0.2) is 41.3 Å². The average Bonchev–Trinajstić information content (AvgIpc) is 3.18. The number of fused-ring (bicyclic) bond motifs is 1. The van der Waals surface area contributed by atoms with Crippen molar-refractivity contribution in [2.45, 2.75) is 24.3 Å². The van der Waals surface area contributed by atoms with E-state index in [0.717, 1.165) is 12.0 Å². The highest BCUT2D eigenvalue weighted by Crippen LogP contribution is 2.35. The van der Waals surface area contributed by atoms with Crippen molar-refractivity contribution in [3.8, 4) is 17.2 Å². The van der Waals surface area contributed by atoms with Gasteiger partial charge in [-0.05, 0) is 42.3 Å². The molecule has 2 aliphatic rings. The number of amides is 1. The van der Waals surface area contributed by atoms with Gasteiger partial charge in [0, 0.05) is 26.6 Å². The number of methoxy groups -OCH3 is 1. The van der Waals surface area contributed by atoms with Crippen molar-refractivity contribution in [2.75, 3.05) is 38.8 Å². The van der Waals surface area contributed by atoms with Crippen LogP contribution < -0.4 is 19.1 Å². The predicted octanol–water partition coefficient (Wildman–Crippen LogP) is 2.41. The first kappa shape index (κ1) is 20.5. The molecule has 0 radical (unpaired) electrons. The third kappa shape index (κ3) is 3.82. The van der Waals surface area contributed by atoms with E-state index in [4.69, 9.17) is 14.2 Å². The van der Waals surface area contributed by atoms with E-state index in [2.05, 4.69) is 0 Å². The molecule has 4 rings (SSSR count). The van der Waals surface area contributed by atoms with Gasteiger partial charge in [-0.3, -0.25) is 4.79 Å². The van der Waals surface area contributed by atoms with E-state index < -0.39 is 10.0 Å². The van der Waals surface area contributed by atoms with E-state index in [1.165, 1.54) is 30.6 Å². The van der Waals surface area contributed by atoms with E-state index in [0.29, 0.717) is 49.1 Å². The molecule has 2 heterocycles. The Morgan fingerprint density at radius 3 is 2.57 bits per heavy atom. The minimum atomic E-state index is -3.79. The Kier molecular flexibility index (Phi) is 5.57. The summed E-state index contributed by atoms with van der Waals surface area (Å²) in [7, 11) is -0.759. The van der Waals surface area contributed by atoms with Gasteiger partial charge in [-0.2, -0.15) is 4.31 Å². The molecule has 1 amide bonds. The summed E-state index contributed by atoms with van der Waals surface area (Å²) in [5.74, 6) is 1.71. The molecular weight excluding hydrogens is 408 g/mol. The molecule has 0 unspecified atom stereocenters. The Labute approximate surface area is 176 Å². The van der Waals surface area contributed by atoms with Gasteiger partial charge in [-0.15, -0.1) is 0 Å². The van der Waals surface area contributed by atoms with Gasteiger partial charge in [-0.1, -0.05) is 6.07 Å². The van der Waals surface area contributed by atoms with E-state index in [1.807, 2.05) is 6.07 Å². The van der Waals surface area contributed by atoms with Gasteiger partial charge < -0.3 is 19.1 Å². The van der Waals surface area contributed by atoms with Crippen LogP contribution in [0.5, 0.6) is 17.2 Å². The lowest BCUT2D eigenvalue weighted by molar-refractivity contribution is -0.117. The van der Waals surface area contributed by atoms with Crippen LogP contribution in [-0.2, 0) is 21.4 Å². The summed E-state index contributed by atoms with van der Waals surface area (Å²) in [6.07, 6.45) is 1.19. The third-order valence-electron chi connectivity index (χ3n) is 5.23. The maximum Gasteiger partial charge on any atom is 0.243 e. The first-order chi connectivity index (χ1) is 14.4. The fourth-order valence-electron chi connectivity index (χ4n) is 3.65. The van der Waals surface area contributed by atoms with Gasteiger partial charge in [-0.25, -0.2) is 8.42 Å². The highest BCUT2D eigenvalue weighted by Gasteiger charge is 2.28. The van der Waals surface area contributed by atoms with Crippen molar-refractivity contribution in [1.29, 1.82) is 0 Å². The fraction of sp³-hybridized carbons (Fsp3) is 0.381. The van der Waals surface area contributed by atoms with E-state index in [1.54, 1.807) is 23.1 Å². The summed E-state index contributed by atoms with van der Waals surface area (Å²) < 4.78 is 44.1. The maximum atomic E-state index is 13.2. The largest absolute Gasteiger partial charge is 0.495 e. The lowest BCUT2D eigenvalue weighted by atomic mass is 10.2. The number of nitrogens with zero attached hydrogens (tertiary/aromatic N) is 2. The molecule has 2 aliphatic heterocycles. The standard InChI is InChI=1S/C21H24N2O6S/c1-22(14-15-5-7-19-20(12-15)29-11-10-28-19)30(25,26)16-6-8-18(27-2)17(13-16)23-9-3-4-21(23)24/h5-8,12-13H,3-4,9-11,14H2,1-2H3. The van der Waals surface area contributed by atoms with E-state index in [9.17, 15) is 13.2 Å². The van der Waals surface area contributed by atoms with Crippen LogP contribution in [0.1, 0.15) is 18.4 Å². The highest BCUT2D eigenvalue weighted by molar-refractivity contribution is 7.89. The van der Waals surface area contributed by atoms with Crippen LogP contribution in [0, 0.1) is 0 Å². The molecular formula is C21H24N2O6S. The number of carbonyl (C=O) groups excluding carboxylic acids is 1. The number of hydrogen-bond donors (Lipinski definition) is 0. The number of hydrogen-bond acceptors (Lipinski definition) is 6. The van der Waals surface area contributed by atoms with Crippen LogP contribution in [0.25, 0.3) is 0 Å². The Hall–Kier alpha value is -2.78. The minimum Gasteiger partial charge on any atom is -0.495 e. The van der Waals surface area contributed by atoms with Crippen LogP contribution in [-0.4, -0.2) is 52.5 Å². The Morgan fingerprint density at radius 1 is 1.10 bits per heavy atom. The zero-order valence-electron chi connectivity index (χ0n) is 17.0. The highest BCUT2D eigenvalue weighted by atomic mass is 32.2. The fourth-order valence-corrected chi connectivity index (χ4v) is 4.83. The molecule has 9 heteroatoms. The zero-order valence-corrected chi connectivity index (χ0v) is 17.8. The molecule has 0 saturated carbocycles. The molecule has 30 heavy (non-hydrogen) atoms. The Bertz CT molecular complexity index is 1070. The summed E-state index contributed by atoms with van der Waals surface area (Å²) in [5, 5.41) is 0. The number of ether oxygens (including phenoxy) is 3. The summed E-state index contributed by atoms with van der Waals surface area (Å²) in [5.41, 5.74) is 1.27. The summed E-state index contributed by atoms with van der Waals surface area (Å²) >= 11 is 0. The van der Waals surface area contributed by atoms with Crippen LogP contribution in [0.2, 0.25) is 0 Å². The predicted molar refractivity (Wildman–Crippen MR) is 111 cm³/mol. The van der Waals surface area contributed by atoms with Crippen molar-refractivity contribution in [2.24, 2.45) is 0 Å². The Morgan fingerprint density at radius 2 is 1.87 bits per heavy atom. The number of sulfonamides is 1. The second-order valence-corrected chi connectivity index (χ2v) is 9.27. The van der Waals surface area contributed by atoms with E-state index in [-0.39, 0.29) is 17.3 Å². The molecule has 0 atom stereocenters. The van der Waals surface area contributed by atoms with Gasteiger partial charge in [0.25, 0.3) is 0 Å². The molecule has 2 aromatic rings.